The van der Waals surface area contributed by atoms with Crippen molar-refractivity contribution in [3.05, 3.63) is 46.5 Å². The second-order valence-corrected chi connectivity index (χ2v) is 6.78. The fourth-order valence-electron chi connectivity index (χ4n) is 2.58. The topological polar surface area (TPSA) is 89.5 Å². The summed E-state index contributed by atoms with van der Waals surface area (Å²) in [4.78, 5) is 13.0. The number of nitro benzene ring substituents is 1. The molecule has 0 bridgehead atoms. The van der Waals surface area contributed by atoms with Gasteiger partial charge >= 0.3 is 0 Å². The smallest absolute Gasteiger partial charge is 0.270 e. The largest absolute Gasteiger partial charge is 0.370 e. The van der Waals surface area contributed by atoms with E-state index in [9.17, 15) is 10.1 Å². The normalized spacial score (nSPS) is 11.6. The third-order valence-electron chi connectivity index (χ3n) is 3.47. The van der Waals surface area contributed by atoms with Crippen molar-refractivity contribution in [2.45, 2.75) is 27.7 Å². The minimum absolute atomic E-state index is 0.0444. The van der Waals surface area contributed by atoms with Crippen LogP contribution in [-0.2, 0) is 0 Å². The summed E-state index contributed by atoms with van der Waals surface area (Å²) < 4.78 is 1.46. The van der Waals surface area contributed by atoms with Crippen LogP contribution in [0.25, 0.3) is 0 Å². The van der Waals surface area contributed by atoms with E-state index in [2.05, 4.69) is 47.9 Å². The first-order valence-corrected chi connectivity index (χ1v) is 8.29. The minimum atomic E-state index is -0.394. The molecule has 0 radical (unpaired) electrons. The van der Waals surface area contributed by atoms with Crippen LogP contribution in [0.4, 0.5) is 11.4 Å². The van der Waals surface area contributed by atoms with Gasteiger partial charge in [0.1, 0.15) is 12.7 Å². The number of hydrogen-bond donors (Lipinski definition) is 0. The van der Waals surface area contributed by atoms with E-state index in [1.165, 1.54) is 17.3 Å². The number of benzene rings is 1. The number of anilines is 1. The van der Waals surface area contributed by atoms with Crippen LogP contribution in [-0.4, -0.2) is 39.1 Å². The van der Waals surface area contributed by atoms with Crippen molar-refractivity contribution in [3.63, 3.8) is 0 Å². The van der Waals surface area contributed by atoms with E-state index in [-0.39, 0.29) is 5.69 Å². The predicted molar refractivity (Wildman–Crippen MR) is 98.0 cm³/mol. The van der Waals surface area contributed by atoms with Crippen molar-refractivity contribution in [2.24, 2.45) is 16.9 Å². The Labute approximate surface area is 147 Å². The summed E-state index contributed by atoms with van der Waals surface area (Å²) in [6.45, 7) is 10.4. The van der Waals surface area contributed by atoms with Crippen LogP contribution in [0.3, 0.4) is 0 Å². The van der Waals surface area contributed by atoms with Crippen LogP contribution in [0.5, 0.6) is 0 Å². The zero-order valence-electron chi connectivity index (χ0n) is 15.0. The molecule has 0 spiro atoms. The van der Waals surface area contributed by atoms with Crippen molar-refractivity contribution in [2.75, 3.05) is 18.0 Å². The van der Waals surface area contributed by atoms with E-state index in [4.69, 9.17) is 0 Å². The Bertz CT molecular complexity index is 715. The molecule has 0 amide bonds. The molecule has 8 nitrogen and oxygen atoms in total. The van der Waals surface area contributed by atoms with Crippen LogP contribution in [0.2, 0.25) is 0 Å². The Hall–Kier alpha value is -2.77. The van der Waals surface area contributed by atoms with Gasteiger partial charge < -0.3 is 4.90 Å². The average Bonchev–Trinajstić information content (AvgIpc) is 3.04. The lowest BCUT2D eigenvalue weighted by Crippen LogP contribution is -2.32. The highest BCUT2D eigenvalue weighted by molar-refractivity contribution is 5.89. The molecule has 1 aromatic carbocycles. The molecule has 134 valence electrons. The van der Waals surface area contributed by atoms with E-state index in [1.807, 2.05) is 0 Å². The zero-order valence-corrected chi connectivity index (χ0v) is 15.0. The molecule has 8 heteroatoms. The van der Waals surface area contributed by atoms with Gasteiger partial charge in [-0.3, -0.25) is 10.1 Å². The van der Waals surface area contributed by atoms with Gasteiger partial charge in [-0.1, -0.05) is 27.7 Å². The first kappa shape index (κ1) is 18.6. The summed E-state index contributed by atoms with van der Waals surface area (Å²) in [7, 11) is 0. The molecule has 0 aliphatic rings. The van der Waals surface area contributed by atoms with Crippen LogP contribution in [0.1, 0.15) is 33.3 Å². The summed E-state index contributed by atoms with van der Waals surface area (Å²) in [6.07, 6.45) is 4.54. The van der Waals surface area contributed by atoms with Gasteiger partial charge in [0, 0.05) is 36.5 Å². The highest BCUT2D eigenvalue weighted by atomic mass is 16.6. The maximum atomic E-state index is 11.1. The summed E-state index contributed by atoms with van der Waals surface area (Å²) in [5, 5.41) is 22.8. The van der Waals surface area contributed by atoms with Crippen LogP contribution >= 0.6 is 0 Å². The van der Waals surface area contributed by atoms with E-state index < -0.39 is 4.92 Å². The molecule has 1 heterocycles. The molecule has 0 atom stereocenters. The summed E-state index contributed by atoms with van der Waals surface area (Å²) in [5.41, 5.74) is 1.68. The molecule has 0 unspecified atom stereocenters. The second-order valence-electron chi connectivity index (χ2n) is 6.78. The Balaban J connectivity index is 2.44. The van der Waals surface area contributed by atoms with Crippen molar-refractivity contribution in [1.29, 1.82) is 0 Å². The van der Waals surface area contributed by atoms with Gasteiger partial charge in [0.2, 0.25) is 0 Å². The number of rotatable bonds is 8. The monoisotopic (exact) mass is 344 g/mol. The Morgan fingerprint density at radius 1 is 1.20 bits per heavy atom. The van der Waals surface area contributed by atoms with Gasteiger partial charge in [-0.15, -0.1) is 10.2 Å². The lowest BCUT2D eigenvalue weighted by atomic mass is 10.1. The first-order valence-electron chi connectivity index (χ1n) is 8.29. The lowest BCUT2D eigenvalue weighted by Gasteiger charge is -2.29. The molecule has 0 aliphatic carbocycles. The van der Waals surface area contributed by atoms with Gasteiger partial charge in [0.05, 0.1) is 11.1 Å². The third-order valence-corrected chi connectivity index (χ3v) is 3.47. The zero-order chi connectivity index (χ0) is 18.4. The lowest BCUT2D eigenvalue weighted by molar-refractivity contribution is -0.384. The molecule has 2 rings (SSSR count). The van der Waals surface area contributed by atoms with Crippen LogP contribution in [0, 0.1) is 22.0 Å². The number of aromatic nitrogens is 3. The highest BCUT2D eigenvalue weighted by Gasteiger charge is 2.17. The van der Waals surface area contributed by atoms with E-state index in [1.54, 1.807) is 24.4 Å². The molecule has 0 aliphatic heterocycles. The SMILES string of the molecule is CC(C)CN(CC(C)C)c1ccc([N+](=O)[O-])cc1C=Nn1cnnc1. The molecule has 0 saturated heterocycles. The fraction of sp³-hybridized carbons (Fsp3) is 0.471. The summed E-state index contributed by atoms with van der Waals surface area (Å²) in [6, 6.07) is 4.90. The fourth-order valence-corrected chi connectivity index (χ4v) is 2.58. The Morgan fingerprint density at radius 2 is 1.80 bits per heavy atom. The van der Waals surface area contributed by atoms with Gasteiger partial charge in [-0.05, 0) is 17.9 Å². The molecule has 2 aromatic rings. The van der Waals surface area contributed by atoms with Gasteiger partial charge in [-0.2, -0.15) is 5.10 Å². The van der Waals surface area contributed by atoms with Crippen molar-refractivity contribution >= 4 is 17.6 Å². The maximum Gasteiger partial charge on any atom is 0.270 e. The number of hydrogen-bond acceptors (Lipinski definition) is 6. The predicted octanol–water partition coefficient (Wildman–Crippen LogP) is 3.19. The molecule has 0 saturated carbocycles. The molecule has 0 N–H and O–H groups in total. The Morgan fingerprint density at radius 3 is 2.32 bits per heavy atom. The van der Waals surface area contributed by atoms with Crippen LogP contribution in [0.15, 0.2) is 36.0 Å². The Kier molecular flexibility index (Phi) is 6.21. The molecular weight excluding hydrogens is 320 g/mol. The highest BCUT2D eigenvalue weighted by Crippen LogP contribution is 2.26. The van der Waals surface area contributed by atoms with Gasteiger partial charge in [-0.25, -0.2) is 4.68 Å². The van der Waals surface area contributed by atoms with Crippen molar-refractivity contribution in [1.82, 2.24) is 14.9 Å². The third kappa shape index (κ3) is 5.37. The first-order chi connectivity index (χ1) is 11.9. The molecule has 0 fully saturated rings. The van der Waals surface area contributed by atoms with E-state index in [0.29, 0.717) is 17.4 Å². The van der Waals surface area contributed by atoms with Crippen LogP contribution < -0.4 is 4.90 Å². The minimum Gasteiger partial charge on any atom is -0.370 e. The standard InChI is InChI=1S/C17H24N6O2/c1-13(2)9-21(10-14(3)4)17-6-5-16(23(24)25)7-15(17)8-20-22-11-18-19-12-22/h5-8,11-14H,9-10H2,1-4H3. The number of nitro groups is 1. The van der Waals surface area contributed by atoms with E-state index >= 15 is 0 Å². The molecule has 1 aromatic heterocycles. The molecular formula is C17H24N6O2. The molecule has 25 heavy (non-hydrogen) atoms. The summed E-state index contributed by atoms with van der Waals surface area (Å²) in [5.74, 6) is 0.938. The van der Waals surface area contributed by atoms with E-state index in [0.717, 1.165) is 18.8 Å². The van der Waals surface area contributed by atoms with Crippen molar-refractivity contribution in [3.8, 4) is 0 Å². The van der Waals surface area contributed by atoms with Gasteiger partial charge in [0.25, 0.3) is 5.69 Å². The van der Waals surface area contributed by atoms with Crippen molar-refractivity contribution < 1.29 is 4.92 Å². The summed E-state index contributed by atoms with van der Waals surface area (Å²) >= 11 is 0. The second kappa shape index (κ2) is 8.36. The quantitative estimate of drug-likeness (QED) is 0.417. The number of non-ortho nitro benzene ring substituents is 1. The van der Waals surface area contributed by atoms with Gasteiger partial charge in [0.15, 0.2) is 0 Å². The average molecular weight is 344 g/mol. The maximum absolute atomic E-state index is 11.1. The number of nitrogens with zero attached hydrogens (tertiary/aromatic N) is 6.